The summed E-state index contributed by atoms with van der Waals surface area (Å²) in [4.78, 5) is 6.66. The molecule has 0 spiro atoms. The van der Waals surface area contributed by atoms with Gasteiger partial charge in [-0.25, -0.2) is 4.99 Å². The van der Waals surface area contributed by atoms with Crippen LogP contribution in [0.3, 0.4) is 0 Å². The standard InChI is InChI=1S/C19H20N4S/c20-13-17-3-1-2-4-18(17)16-7-5-15(6-8-16)14-22-19(21)23-9-11-24-12-10-23/h1-8H,9-12,14H2,(H2,21,22). The summed E-state index contributed by atoms with van der Waals surface area (Å²) in [6.07, 6.45) is 0. The molecule has 3 rings (SSSR count). The summed E-state index contributed by atoms with van der Waals surface area (Å²) < 4.78 is 0. The number of benzene rings is 2. The second-order valence-electron chi connectivity index (χ2n) is 5.63. The number of thioether (sulfide) groups is 1. The van der Waals surface area contributed by atoms with E-state index in [4.69, 9.17) is 5.73 Å². The highest BCUT2D eigenvalue weighted by molar-refractivity contribution is 7.99. The van der Waals surface area contributed by atoms with Gasteiger partial charge in [0.2, 0.25) is 0 Å². The Bertz CT molecular complexity index is 756. The van der Waals surface area contributed by atoms with Gasteiger partial charge in [-0.05, 0) is 22.8 Å². The molecule has 0 amide bonds. The van der Waals surface area contributed by atoms with Crippen LogP contribution >= 0.6 is 11.8 Å². The first-order valence-electron chi connectivity index (χ1n) is 7.99. The van der Waals surface area contributed by atoms with Crippen molar-refractivity contribution in [2.24, 2.45) is 10.7 Å². The van der Waals surface area contributed by atoms with E-state index < -0.39 is 0 Å². The number of guanidine groups is 1. The third-order valence-electron chi connectivity index (χ3n) is 4.07. The lowest BCUT2D eigenvalue weighted by molar-refractivity contribution is 0.455. The van der Waals surface area contributed by atoms with Crippen molar-refractivity contribution in [3.8, 4) is 17.2 Å². The summed E-state index contributed by atoms with van der Waals surface area (Å²) in [6.45, 7) is 2.53. The van der Waals surface area contributed by atoms with Crippen LogP contribution in [0.1, 0.15) is 11.1 Å². The Balaban J connectivity index is 1.70. The van der Waals surface area contributed by atoms with E-state index in [9.17, 15) is 5.26 Å². The first-order chi connectivity index (χ1) is 11.8. The van der Waals surface area contributed by atoms with Crippen molar-refractivity contribution in [1.82, 2.24) is 4.90 Å². The largest absolute Gasteiger partial charge is 0.370 e. The summed E-state index contributed by atoms with van der Waals surface area (Å²) in [6, 6.07) is 18.0. The van der Waals surface area contributed by atoms with E-state index in [1.165, 1.54) is 0 Å². The van der Waals surface area contributed by atoms with Crippen LogP contribution in [0.25, 0.3) is 11.1 Å². The SMILES string of the molecule is N#Cc1ccccc1-c1ccc(CN=C(N)N2CCSCC2)cc1. The van der Waals surface area contributed by atoms with Crippen LogP contribution in [0.2, 0.25) is 0 Å². The first kappa shape index (κ1) is 16.4. The van der Waals surface area contributed by atoms with Gasteiger partial charge in [-0.3, -0.25) is 0 Å². The molecule has 24 heavy (non-hydrogen) atoms. The molecule has 1 saturated heterocycles. The van der Waals surface area contributed by atoms with Crippen LogP contribution in [0.4, 0.5) is 0 Å². The second kappa shape index (κ2) is 7.89. The molecule has 0 aromatic heterocycles. The van der Waals surface area contributed by atoms with E-state index >= 15 is 0 Å². The van der Waals surface area contributed by atoms with Gasteiger partial charge in [0, 0.05) is 24.6 Å². The third kappa shape index (κ3) is 3.90. The molecule has 122 valence electrons. The van der Waals surface area contributed by atoms with E-state index in [-0.39, 0.29) is 0 Å². The zero-order valence-electron chi connectivity index (χ0n) is 13.5. The van der Waals surface area contributed by atoms with Gasteiger partial charge in [0.05, 0.1) is 18.2 Å². The number of aliphatic imine (C=N–C) groups is 1. The molecule has 1 aliphatic heterocycles. The Labute approximate surface area is 147 Å². The summed E-state index contributed by atoms with van der Waals surface area (Å²) in [5, 5.41) is 9.22. The molecule has 1 aliphatic rings. The summed E-state index contributed by atoms with van der Waals surface area (Å²) in [5.74, 6) is 2.86. The number of hydrogen-bond acceptors (Lipinski definition) is 3. The van der Waals surface area contributed by atoms with Crippen LogP contribution < -0.4 is 5.73 Å². The fourth-order valence-corrected chi connectivity index (χ4v) is 3.59. The van der Waals surface area contributed by atoms with Gasteiger partial charge in [0.1, 0.15) is 0 Å². The first-order valence-corrected chi connectivity index (χ1v) is 9.14. The van der Waals surface area contributed by atoms with Gasteiger partial charge >= 0.3 is 0 Å². The average molecular weight is 336 g/mol. The highest BCUT2D eigenvalue weighted by atomic mass is 32.2. The summed E-state index contributed by atoms with van der Waals surface area (Å²) in [5.41, 5.74) is 9.89. The molecule has 0 atom stereocenters. The van der Waals surface area contributed by atoms with E-state index in [2.05, 4.69) is 16.0 Å². The maximum absolute atomic E-state index is 9.22. The van der Waals surface area contributed by atoms with Gasteiger partial charge in [-0.1, -0.05) is 42.5 Å². The van der Waals surface area contributed by atoms with Gasteiger partial charge in [0.25, 0.3) is 0 Å². The van der Waals surface area contributed by atoms with Crippen molar-refractivity contribution in [3.63, 3.8) is 0 Å². The maximum atomic E-state index is 9.22. The lowest BCUT2D eigenvalue weighted by atomic mass is 9.99. The van der Waals surface area contributed by atoms with Gasteiger partial charge in [0.15, 0.2) is 5.96 Å². The van der Waals surface area contributed by atoms with Crippen LogP contribution in [-0.4, -0.2) is 35.5 Å². The Hall–Kier alpha value is -2.45. The van der Waals surface area contributed by atoms with Crippen molar-refractivity contribution >= 4 is 17.7 Å². The lowest BCUT2D eigenvalue weighted by Crippen LogP contribution is -2.42. The van der Waals surface area contributed by atoms with Crippen molar-refractivity contribution in [1.29, 1.82) is 5.26 Å². The lowest BCUT2D eigenvalue weighted by Gasteiger charge is -2.27. The quantitative estimate of drug-likeness (QED) is 0.691. The number of nitriles is 1. The van der Waals surface area contributed by atoms with E-state index in [0.29, 0.717) is 18.1 Å². The zero-order valence-corrected chi connectivity index (χ0v) is 14.3. The molecule has 5 heteroatoms. The molecule has 2 aromatic carbocycles. The molecule has 4 nitrogen and oxygen atoms in total. The minimum absolute atomic E-state index is 0.579. The number of nitrogens with two attached hydrogens (primary N) is 1. The Morgan fingerprint density at radius 2 is 1.83 bits per heavy atom. The number of nitrogens with zero attached hydrogens (tertiary/aromatic N) is 3. The minimum Gasteiger partial charge on any atom is -0.370 e. The Kier molecular flexibility index (Phi) is 5.39. The molecule has 1 heterocycles. The zero-order chi connectivity index (χ0) is 16.8. The molecule has 0 saturated carbocycles. The second-order valence-corrected chi connectivity index (χ2v) is 6.85. The van der Waals surface area contributed by atoms with Crippen LogP contribution in [0.15, 0.2) is 53.5 Å². The van der Waals surface area contributed by atoms with Crippen molar-refractivity contribution in [2.75, 3.05) is 24.6 Å². The Morgan fingerprint density at radius 3 is 2.54 bits per heavy atom. The van der Waals surface area contributed by atoms with Gasteiger partial charge in [-0.15, -0.1) is 0 Å². The average Bonchev–Trinajstić information content (AvgIpc) is 2.67. The van der Waals surface area contributed by atoms with Crippen LogP contribution in [0, 0.1) is 11.3 Å². The summed E-state index contributed by atoms with van der Waals surface area (Å²) >= 11 is 1.96. The van der Waals surface area contributed by atoms with Gasteiger partial charge < -0.3 is 10.6 Å². The monoisotopic (exact) mass is 336 g/mol. The van der Waals surface area contributed by atoms with Crippen molar-refractivity contribution in [2.45, 2.75) is 6.54 Å². The maximum Gasteiger partial charge on any atom is 0.191 e. The van der Waals surface area contributed by atoms with Crippen molar-refractivity contribution < 1.29 is 0 Å². The molecule has 0 radical (unpaired) electrons. The molecular formula is C19H20N4S. The fourth-order valence-electron chi connectivity index (χ4n) is 2.69. The predicted octanol–water partition coefficient (Wildman–Crippen LogP) is 3.09. The van der Waals surface area contributed by atoms with E-state index in [0.717, 1.165) is 41.3 Å². The number of hydrogen-bond donors (Lipinski definition) is 1. The van der Waals surface area contributed by atoms with E-state index in [1.807, 2.05) is 60.3 Å². The minimum atomic E-state index is 0.579. The predicted molar refractivity (Wildman–Crippen MR) is 101 cm³/mol. The van der Waals surface area contributed by atoms with Crippen molar-refractivity contribution in [3.05, 3.63) is 59.7 Å². The molecule has 2 N–H and O–H groups in total. The summed E-state index contributed by atoms with van der Waals surface area (Å²) in [7, 11) is 0. The molecule has 2 aromatic rings. The van der Waals surface area contributed by atoms with Gasteiger partial charge in [-0.2, -0.15) is 17.0 Å². The smallest absolute Gasteiger partial charge is 0.191 e. The number of rotatable bonds is 3. The van der Waals surface area contributed by atoms with E-state index in [1.54, 1.807) is 0 Å². The highest BCUT2D eigenvalue weighted by Crippen LogP contribution is 2.23. The third-order valence-corrected chi connectivity index (χ3v) is 5.01. The molecule has 0 unspecified atom stereocenters. The topological polar surface area (TPSA) is 65.4 Å². The molecule has 0 bridgehead atoms. The van der Waals surface area contributed by atoms with Crippen LogP contribution in [0.5, 0.6) is 0 Å². The fraction of sp³-hybridized carbons (Fsp3) is 0.263. The van der Waals surface area contributed by atoms with Crippen LogP contribution in [-0.2, 0) is 6.54 Å². The Morgan fingerprint density at radius 1 is 1.12 bits per heavy atom. The highest BCUT2D eigenvalue weighted by Gasteiger charge is 2.11. The molecule has 1 fully saturated rings. The molecule has 0 aliphatic carbocycles. The molecular weight excluding hydrogens is 316 g/mol. The normalized spacial score (nSPS) is 15.1.